The fourth-order valence-corrected chi connectivity index (χ4v) is 2.40. The highest BCUT2D eigenvalue weighted by molar-refractivity contribution is 5.96. The van der Waals surface area contributed by atoms with Crippen molar-refractivity contribution < 1.29 is 9.72 Å². The third-order valence-electron chi connectivity index (χ3n) is 3.63. The van der Waals surface area contributed by atoms with Gasteiger partial charge in [-0.05, 0) is 44.3 Å². The molecule has 0 aliphatic carbocycles. The molecule has 0 bridgehead atoms. The van der Waals surface area contributed by atoms with E-state index >= 15 is 0 Å². The Morgan fingerprint density at radius 3 is 3.00 bits per heavy atom. The van der Waals surface area contributed by atoms with E-state index in [1.54, 1.807) is 13.0 Å². The van der Waals surface area contributed by atoms with Crippen LogP contribution in [0.2, 0.25) is 0 Å². The number of carbonyl (C=O) groups excluding carboxylic acids is 1. The minimum atomic E-state index is -0.485. The first-order valence-electron chi connectivity index (χ1n) is 6.82. The van der Waals surface area contributed by atoms with E-state index in [1.807, 2.05) is 0 Å². The molecule has 1 saturated heterocycles. The van der Waals surface area contributed by atoms with Gasteiger partial charge in [-0.1, -0.05) is 6.07 Å². The van der Waals surface area contributed by atoms with E-state index in [2.05, 4.69) is 10.6 Å². The maximum atomic E-state index is 12.1. The highest BCUT2D eigenvalue weighted by Crippen LogP contribution is 2.17. The number of rotatable bonds is 4. The molecule has 0 spiro atoms. The van der Waals surface area contributed by atoms with Gasteiger partial charge in [-0.25, -0.2) is 0 Å². The Balaban J connectivity index is 2.00. The van der Waals surface area contributed by atoms with Crippen molar-refractivity contribution in [2.45, 2.75) is 19.8 Å². The predicted molar refractivity (Wildman–Crippen MR) is 75.8 cm³/mol. The Morgan fingerprint density at radius 2 is 2.35 bits per heavy atom. The number of aryl methyl sites for hydroxylation is 1. The van der Waals surface area contributed by atoms with Crippen LogP contribution in [-0.2, 0) is 0 Å². The van der Waals surface area contributed by atoms with Gasteiger partial charge in [-0.3, -0.25) is 14.9 Å². The van der Waals surface area contributed by atoms with Crippen LogP contribution in [0.3, 0.4) is 0 Å². The SMILES string of the molecule is Cc1ccc([N+](=O)[O-])cc1C(=O)NCC1CCCNC1. The fourth-order valence-electron chi connectivity index (χ4n) is 2.40. The molecule has 1 unspecified atom stereocenters. The van der Waals surface area contributed by atoms with Gasteiger partial charge in [0, 0.05) is 24.2 Å². The quantitative estimate of drug-likeness (QED) is 0.647. The lowest BCUT2D eigenvalue weighted by Gasteiger charge is -2.23. The van der Waals surface area contributed by atoms with E-state index in [9.17, 15) is 14.9 Å². The van der Waals surface area contributed by atoms with Gasteiger partial charge in [-0.2, -0.15) is 0 Å². The first-order chi connectivity index (χ1) is 9.58. The monoisotopic (exact) mass is 277 g/mol. The molecule has 1 heterocycles. The number of carbonyl (C=O) groups is 1. The molecule has 1 aliphatic heterocycles. The van der Waals surface area contributed by atoms with Crippen LogP contribution in [0.15, 0.2) is 18.2 Å². The van der Waals surface area contributed by atoms with Crippen LogP contribution in [0, 0.1) is 23.0 Å². The first kappa shape index (κ1) is 14.5. The second-order valence-corrected chi connectivity index (χ2v) is 5.18. The Labute approximate surface area is 117 Å². The van der Waals surface area contributed by atoms with E-state index in [0.29, 0.717) is 18.0 Å². The summed E-state index contributed by atoms with van der Waals surface area (Å²) in [5.41, 5.74) is 1.07. The molecular formula is C14H19N3O3. The van der Waals surface area contributed by atoms with Crippen molar-refractivity contribution in [3.8, 4) is 0 Å². The Kier molecular flexibility index (Phi) is 4.68. The number of nitrogens with zero attached hydrogens (tertiary/aromatic N) is 1. The minimum Gasteiger partial charge on any atom is -0.352 e. The molecule has 0 radical (unpaired) electrons. The molecule has 108 valence electrons. The lowest BCUT2D eigenvalue weighted by molar-refractivity contribution is -0.384. The number of piperidine rings is 1. The summed E-state index contributed by atoms with van der Waals surface area (Å²) in [6.07, 6.45) is 2.22. The van der Waals surface area contributed by atoms with Gasteiger partial charge in [-0.15, -0.1) is 0 Å². The van der Waals surface area contributed by atoms with Gasteiger partial charge in [0.15, 0.2) is 0 Å². The molecule has 2 N–H and O–H groups in total. The van der Waals surface area contributed by atoms with Crippen LogP contribution in [-0.4, -0.2) is 30.5 Å². The number of nitro benzene ring substituents is 1. The molecule has 1 aromatic rings. The Hall–Kier alpha value is -1.95. The summed E-state index contributed by atoms with van der Waals surface area (Å²) < 4.78 is 0. The van der Waals surface area contributed by atoms with Crippen LogP contribution in [0.25, 0.3) is 0 Å². The molecule has 0 saturated carbocycles. The normalized spacial score (nSPS) is 18.6. The average molecular weight is 277 g/mol. The lowest BCUT2D eigenvalue weighted by atomic mass is 9.99. The van der Waals surface area contributed by atoms with E-state index in [1.165, 1.54) is 12.1 Å². The Morgan fingerprint density at radius 1 is 1.55 bits per heavy atom. The lowest BCUT2D eigenvalue weighted by Crippen LogP contribution is -2.38. The summed E-state index contributed by atoms with van der Waals surface area (Å²) in [5.74, 6) is 0.198. The first-order valence-corrected chi connectivity index (χ1v) is 6.82. The summed E-state index contributed by atoms with van der Waals surface area (Å²) in [4.78, 5) is 22.4. The van der Waals surface area contributed by atoms with Gasteiger partial charge < -0.3 is 10.6 Å². The number of benzene rings is 1. The standard InChI is InChI=1S/C14H19N3O3/c1-10-4-5-12(17(19)20)7-13(10)14(18)16-9-11-3-2-6-15-8-11/h4-5,7,11,15H,2-3,6,8-9H2,1H3,(H,16,18). The largest absolute Gasteiger partial charge is 0.352 e. The minimum absolute atomic E-state index is 0.0555. The third kappa shape index (κ3) is 3.54. The van der Waals surface area contributed by atoms with Gasteiger partial charge in [0.1, 0.15) is 0 Å². The van der Waals surface area contributed by atoms with Gasteiger partial charge in [0.05, 0.1) is 4.92 Å². The number of hydrogen-bond donors (Lipinski definition) is 2. The summed E-state index contributed by atoms with van der Waals surface area (Å²) in [5, 5.41) is 16.9. The van der Waals surface area contributed by atoms with Crippen LogP contribution < -0.4 is 10.6 Å². The molecule has 0 aromatic heterocycles. The van der Waals surface area contributed by atoms with Crippen LogP contribution >= 0.6 is 0 Å². The predicted octanol–water partition coefficient (Wildman–Crippen LogP) is 1.63. The molecule has 1 atom stereocenters. The Bertz CT molecular complexity index is 510. The van der Waals surface area contributed by atoms with Crippen molar-refractivity contribution in [1.29, 1.82) is 0 Å². The van der Waals surface area contributed by atoms with Crippen LogP contribution in [0.5, 0.6) is 0 Å². The average Bonchev–Trinajstić information content (AvgIpc) is 2.46. The molecule has 6 nitrogen and oxygen atoms in total. The molecule has 1 aromatic carbocycles. The second kappa shape index (κ2) is 6.47. The number of non-ortho nitro benzene ring substituents is 1. The van der Waals surface area contributed by atoms with E-state index in [4.69, 9.17) is 0 Å². The van der Waals surface area contributed by atoms with E-state index in [-0.39, 0.29) is 11.6 Å². The third-order valence-corrected chi connectivity index (χ3v) is 3.63. The zero-order valence-corrected chi connectivity index (χ0v) is 11.5. The summed E-state index contributed by atoms with van der Waals surface area (Å²) in [7, 11) is 0. The van der Waals surface area contributed by atoms with Crippen LogP contribution in [0.4, 0.5) is 5.69 Å². The maximum Gasteiger partial charge on any atom is 0.270 e. The smallest absolute Gasteiger partial charge is 0.270 e. The molecular weight excluding hydrogens is 258 g/mol. The van der Waals surface area contributed by atoms with Crippen molar-refractivity contribution in [3.63, 3.8) is 0 Å². The van der Waals surface area contributed by atoms with Crippen molar-refractivity contribution >= 4 is 11.6 Å². The summed E-state index contributed by atoms with van der Waals surface area (Å²) >= 11 is 0. The van der Waals surface area contributed by atoms with Gasteiger partial charge in [0.2, 0.25) is 0 Å². The van der Waals surface area contributed by atoms with E-state index in [0.717, 1.165) is 31.5 Å². The number of hydrogen-bond acceptors (Lipinski definition) is 4. The fraction of sp³-hybridized carbons (Fsp3) is 0.500. The van der Waals surface area contributed by atoms with Gasteiger partial charge in [0.25, 0.3) is 11.6 Å². The summed E-state index contributed by atoms with van der Waals surface area (Å²) in [6, 6.07) is 4.36. The molecule has 1 fully saturated rings. The molecule has 1 amide bonds. The van der Waals surface area contributed by atoms with Crippen molar-refractivity contribution in [1.82, 2.24) is 10.6 Å². The zero-order valence-electron chi connectivity index (χ0n) is 11.5. The number of nitro groups is 1. The van der Waals surface area contributed by atoms with Crippen molar-refractivity contribution in [2.75, 3.05) is 19.6 Å². The molecule has 2 rings (SSSR count). The van der Waals surface area contributed by atoms with E-state index < -0.39 is 4.92 Å². The number of amides is 1. The summed E-state index contributed by atoms with van der Waals surface area (Å²) in [6.45, 7) is 4.33. The molecule has 20 heavy (non-hydrogen) atoms. The zero-order chi connectivity index (χ0) is 14.5. The van der Waals surface area contributed by atoms with Crippen molar-refractivity contribution in [3.05, 3.63) is 39.4 Å². The second-order valence-electron chi connectivity index (χ2n) is 5.18. The molecule has 1 aliphatic rings. The maximum absolute atomic E-state index is 12.1. The number of nitrogens with one attached hydrogen (secondary N) is 2. The highest BCUT2D eigenvalue weighted by atomic mass is 16.6. The topological polar surface area (TPSA) is 84.3 Å². The van der Waals surface area contributed by atoms with Crippen molar-refractivity contribution in [2.24, 2.45) is 5.92 Å². The van der Waals surface area contributed by atoms with Crippen LogP contribution in [0.1, 0.15) is 28.8 Å². The molecule has 6 heteroatoms. The van der Waals surface area contributed by atoms with Gasteiger partial charge >= 0.3 is 0 Å². The highest BCUT2D eigenvalue weighted by Gasteiger charge is 2.17.